The third-order valence-corrected chi connectivity index (χ3v) is 4.40. The van der Waals surface area contributed by atoms with Gasteiger partial charge < -0.3 is 10.5 Å². The molecule has 4 heterocycles. The Balaban J connectivity index is 1.79. The SMILES string of the molecule is NC1COCC1c1nn2c(-c3cccnc3)nnc2s1. The highest BCUT2D eigenvalue weighted by Crippen LogP contribution is 2.29. The molecule has 1 fully saturated rings. The summed E-state index contributed by atoms with van der Waals surface area (Å²) in [5.74, 6) is 0.839. The quantitative estimate of drug-likeness (QED) is 0.746. The fourth-order valence-corrected chi connectivity index (χ4v) is 3.28. The third-order valence-electron chi connectivity index (χ3n) is 3.37. The molecule has 8 heteroatoms. The summed E-state index contributed by atoms with van der Waals surface area (Å²) < 4.78 is 7.15. The van der Waals surface area contributed by atoms with Gasteiger partial charge in [0.2, 0.25) is 4.96 Å². The Morgan fingerprint density at radius 1 is 1.35 bits per heavy atom. The second kappa shape index (κ2) is 4.58. The lowest BCUT2D eigenvalue weighted by Gasteiger charge is -2.07. The maximum atomic E-state index is 6.04. The van der Waals surface area contributed by atoms with Crippen molar-refractivity contribution in [1.82, 2.24) is 24.8 Å². The van der Waals surface area contributed by atoms with E-state index >= 15 is 0 Å². The topological polar surface area (TPSA) is 91.2 Å². The van der Waals surface area contributed by atoms with Gasteiger partial charge in [-0.3, -0.25) is 4.98 Å². The number of nitrogens with zero attached hydrogens (tertiary/aromatic N) is 5. The van der Waals surface area contributed by atoms with Crippen molar-refractivity contribution in [2.24, 2.45) is 5.73 Å². The van der Waals surface area contributed by atoms with E-state index in [1.165, 1.54) is 11.3 Å². The molecule has 1 aliphatic heterocycles. The van der Waals surface area contributed by atoms with Crippen LogP contribution >= 0.6 is 11.3 Å². The fraction of sp³-hybridized carbons (Fsp3) is 0.333. The van der Waals surface area contributed by atoms with Crippen LogP contribution in [-0.4, -0.2) is 44.1 Å². The maximum absolute atomic E-state index is 6.04. The zero-order chi connectivity index (χ0) is 13.5. The van der Waals surface area contributed by atoms with E-state index < -0.39 is 0 Å². The number of ether oxygens (including phenoxy) is 1. The highest BCUT2D eigenvalue weighted by Gasteiger charge is 2.30. The van der Waals surface area contributed by atoms with E-state index in [1.807, 2.05) is 12.1 Å². The molecule has 2 unspecified atom stereocenters. The Hall–Kier alpha value is -1.90. The van der Waals surface area contributed by atoms with Gasteiger partial charge in [0.15, 0.2) is 5.82 Å². The molecule has 0 radical (unpaired) electrons. The number of hydrogen-bond donors (Lipinski definition) is 1. The first-order chi connectivity index (χ1) is 9.83. The van der Waals surface area contributed by atoms with Crippen molar-refractivity contribution in [2.75, 3.05) is 13.2 Å². The largest absolute Gasteiger partial charge is 0.379 e. The highest BCUT2D eigenvalue weighted by molar-refractivity contribution is 7.16. The van der Waals surface area contributed by atoms with Crippen molar-refractivity contribution in [1.29, 1.82) is 0 Å². The minimum atomic E-state index is 0.000609. The first kappa shape index (κ1) is 11.9. The van der Waals surface area contributed by atoms with Crippen LogP contribution in [0.25, 0.3) is 16.3 Å². The number of hydrogen-bond acceptors (Lipinski definition) is 7. The van der Waals surface area contributed by atoms with Gasteiger partial charge in [-0.25, -0.2) is 0 Å². The van der Waals surface area contributed by atoms with Crippen LogP contribution in [0.1, 0.15) is 10.9 Å². The molecule has 7 nitrogen and oxygen atoms in total. The molecule has 0 aliphatic carbocycles. The van der Waals surface area contributed by atoms with Gasteiger partial charge in [0.25, 0.3) is 0 Å². The molecule has 2 N–H and O–H groups in total. The lowest BCUT2D eigenvalue weighted by molar-refractivity contribution is 0.191. The molecule has 102 valence electrons. The molecule has 3 aromatic heterocycles. The van der Waals surface area contributed by atoms with E-state index in [2.05, 4.69) is 20.3 Å². The Kier molecular flexibility index (Phi) is 2.72. The van der Waals surface area contributed by atoms with Gasteiger partial charge in [-0.1, -0.05) is 11.3 Å². The Bertz CT molecular complexity index is 739. The summed E-state index contributed by atoms with van der Waals surface area (Å²) in [4.78, 5) is 4.86. The summed E-state index contributed by atoms with van der Waals surface area (Å²) in [7, 11) is 0. The molecule has 2 atom stereocenters. The molecule has 0 bridgehead atoms. The lowest BCUT2D eigenvalue weighted by Crippen LogP contribution is -2.26. The molecule has 20 heavy (non-hydrogen) atoms. The third kappa shape index (κ3) is 1.80. The zero-order valence-corrected chi connectivity index (χ0v) is 11.3. The summed E-state index contributed by atoms with van der Waals surface area (Å²) in [6.45, 7) is 1.20. The molecular formula is C12H12N6OS. The summed E-state index contributed by atoms with van der Waals surface area (Å²) in [6, 6.07) is 3.80. The minimum Gasteiger partial charge on any atom is -0.379 e. The highest BCUT2D eigenvalue weighted by atomic mass is 32.1. The zero-order valence-electron chi connectivity index (χ0n) is 10.5. The summed E-state index contributed by atoms with van der Waals surface area (Å²) >= 11 is 1.51. The van der Waals surface area contributed by atoms with Crippen molar-refractivity contribution in [2.45, 2.75) is 12.0 Å². The predicted octanol–water partition coefficient (Wildman–Crippen LogP) is 0.689. The van der Waals surface area contributed by atoms with Gasteiger partial charge in [-0.05, 0) is 12.1 Å². The molecule has 0 aromatic carbocycles. The molecule has 0 amide bonds. The number of aromatic nitrogens is 5. The van der Waals surface area contributed by atoms with Gasteiger partial charge in [-0.2, -0.15) is 9.61 Å². The first-order valence-electron chi connectivity index (χ1n) is 6.29. The second-order valence-corrected chi connectivity index (χ2v) is 5.70. The van der Waals surface area contributed by atoms with Gasteiger partial charge in [0.05, 0.1) is 19.1 Å². The van der Waals surface area contributed by atoms with Crippen molar-refractivity contribution < 1.29 is 4.74 Å². The van der Waals surface area contributed by atoms with Crippen LogP contribution in [0.3, 0.4) is 0 Å². The van der Waals surface area contributed by atoms with Crippen molar-refractivity contribution in [3.8, 4) is 11.4 Å². The molecular weight excluding hydrogens is 276 g/mol. The minimum absolute atomic E-state index is 0.000609. The van der Waals surface area contributed by atoms with Gasteiger partial charge in [0, 0.05) is 24.0 Å². The number of fused-ring (bicyclic) bond motifs is 1. The standard InChI is InChI=1S/C12H12N6OS/c13-9-6-19-5-8(9)11-17-18-10(15-16-12(18)20-11)7-2-1-3-14-4-7/h1-4,8-9H,5-6,13H2. The van der Waals surface area contributed by atoms with Crippen molar-refractivity contribution in [3.63, 3.8) is 0 Å². The van der Waals surface area contributed by atoms with E-state index in [-0.39, 0.29) is 12.0 Å². The maximum Gasteiger partial charge on any atom is 0.234 e. The molecule has 3 aromatic rings. The number of pyridine rings is 1. The Morgan fingerprint density at radius 2 is 2.30 bits per heavy atom. The van der Waals surface area contributed by atoms with Crippen LogP contribution in [0.15, 0.2) is 24.5 Å². The average Bonchev–Trinajstić information content (AvgIpc) is 3.13. The average molecular weight is 288 g/mol. The molecule has 1 aliphatic rings. The summed E-state index contributed by atoms with van der Waals surface area (Å²) in [5.41, 5.74) is 6.93. The molecule has 4 rings (SSSR count). The smallest absolute Gasteiger partial charge is 0.234 e. The van der Waals surface area contributed by atoms with Crippen LogP contribution in [0.5, 0.6) is 0 Å². The Labute approximate surface area is 118 Å². The van der Waals surface area contributed by atoms with Gasteiger partial charge in [-0.15, -0.1) is 10.2 Å². The van der Waals surface area contributed by atoms with Crippen LogP contribution in [-0.2, 0) is 4.74 Å². The fourth-order valence-electron chi connectivity index (χ4n) is 2.28. The molecule has 1 saturated heterocycles. The van der Waals surface area contributed by atoms with E-state index in [0.29, 0.717) is 19.0 Å². The summed E-state index contributed by atoms with van der Waals surface area (Å²) in [6.07, 6.45) is 3.48. The lowest BCUT2D eigenvalue weighted by atomic mass is 10.1. The second-order valence-electron chi connectivity index (χ2n) is 4.71. The molecule has 0 spiro atoms. The van der Waals surface area contributed by atoms with Crippen LogP contribution in [0, 0.1) is 0 Å². The first-order valence-corrected chi connectivity index (χ1v) is 7.10. The van der Waals surface area contributed by atoms with Crippen molar-refractivity contribution >= 4 is 16.3 Å². The van der Waals surface area contributed by atoms with Crippen LogP contribution in [0.2, 0.25) is 0 Å². The van der Waals surface area contributed by atoms with E-state index in [4.69, 9.17) is 10.5 Å². The van der Waals surface area contributed by atoms with Gasteiger partial charge >= 0.3 is 0 Å². The van der Waals surface area contributed by atoms with Crippen LogP contribution < -0.4 is 5.73 Å². The summed E-state index contributed by atoms with van der Waals surface area (Å²) in [5, 5.41) is 13.9. The molecule has 0 saturated carbocycles. The van der Waals surface area contributed by atoms with E-state index in [0.717, 1.165) is 15.5 Å². The monoisotopic (exact) mass is 288 g/mol. The van der Waals surface area contributed by atoms with Crippen LogP contribution in [0.4, 0.5) is 0 Å². The number of nitrogens with two attached hydrogens (primary N) is 1. The van der Waals surface area contributed by atoms with Crippen molar-refractivity contribution in [3.05, 3.63) is 29.5 Å². The predicted molar refractivity (Wildman–Crippen MR) is 73.4 cm³/mol. The van der Waals surface area contributed by atoms with E-state index in [9.17, 15) is 0 Å². The number of rotatable bonds is 2. The normalized spacial score (nSPS) is 22.6. The van der Waals surface area contributed by atoms with E-state index in [1.54, 1.807) is 16.9 Å². The Morgan fingerprint density at radius 3 is 3.05 bits per heavy atom. The van der Waals surface area contributed by atoms with Gasteiger partial charge in [0.1, 0.15) is 5.01 Å².